The van der Waals surface area contributed by atoms with Crippen molar-refractivity contribution in [2.45, 2.75) is 19.0 Å². The van der Waals surface area contributed by atoms with Gasteiger partial charge in [-0.05, 0) is 18.1 Å². The van der Waals surface area contributed by atoms with Gasteiger partial charge in [0.25, 0.3) is 0 Å². The van der Waals surface area contributed by atoms with E-state index in [-0.39, 0.29) is 5.16 Å². The average molecular weight is 276 g/mol. The molecule has 0 saturated heterocycles. The highest BCUT2D eigenvalue weighted by Crippen LogP contribution is 2.44. The Balaban J connectivity index is 2.37. The highest BCUT2D eigenvalue weighted by atomic mass is 31.1. The lowest BCUT2D eigenvalue weighted by Crippen LogP contribution is -2.28. The quantitative estimate of drug-likeness (QED) is 0.783. The Kier molecular flexibility index (Phi) is 4.31. The first-order chi connectivity index (χ1) is 9.10. The molecule has 3 unspecified atom stereocenters. The zero-order valence-electron chi connectivity index (χ0n) is 11.9. The van der Waals surface area contributed by atoms with Crippen molar-refractivity contribution in [1.29, 1.82) is 0 Å². The van der Waals surface area contributed by atoms with Crippen molar-refractivity contribution in [3.05, 3.63) is 42.5 Å². The number of rotatable bonds is 4. The van der Waals surface area contributed by atoms with E-state index in [2.05, 4.69) is 38.2 Å². The lowest BCUT2D eigenvalue weighted by molar-refractivity contribution is 0.400. The maximum Gasteiger partial charge on any atom is 0.129 e. The number of hydrogen-bond acceptors (Lipinski definition) is 2. The van der Waals surface area contributed by atoms with Crippen molar-refractivity contribution in [2.75, 3.05) is 14.2 Å². The van der Waals surface area contributed by atoms with E-state index in [1.54, 1.807) is 14.2 Å². The molecule has 1 aromatic carbocycles. The van der Waals surface area contributed by atoms with Gasteiger partial charge >= 0.3 is 0 Å². The highest BCUT2D eigenvalue weighted by molar-refractivity contribution is 7.49. The highest BCUT2D eigenvalue weighted by Gasteiger charge is 2.30. The molecule has 0 aromatic heterocycles. The number of methoxy groups -OCH3 is 2. The molecule has 1 aliphatic carbocycles. The van der Waals surface area contributed by atoms with E-state index in [1.807, 2.05) is 18.2 Å². The van der Waals surface area contributed by atoms with Crippen LogP contribution in [0.3, 0.4) is 0 Å². The standard InChI is InChI=1S/C16H21O2P/c1-12-8-5-6-11-16(12,2)19-15-13(17-3)9-7-10-14(15)18-4/h5-12,19H,1-4H3. The molecular weight excluding hydrogens is 255 g/mol. The molecule has 0 heterocycles. The van der Waals surface area contributed by atoms with Crippen LogP contribution in [0.1, 0.15) is 13.8 Å². The summed E-state index contributed by atoms with van der Waals surface area (Å²) in [5, 5.41) is 1.29. The van der Waals surface area contributed by atoms with Gasteiger partial charge in [-0.1, -0.05) is 52.8 Å². The van der Waals surface area contributed by atoms with Crippen LogP contribution < -0.4 is 14.8 Å². The van der Waals surface area contributed by atoms with Gasteiger partial charge < -0.3 is 9.47 Å². The molecule has 1 aromatic rings. The van der Waals surface area contributed by atoms with Gasteiger partial charge in [-0.15, -0.1) is 0 Å². The Labute approximate surface area is 117 Å². The van der Waals surface area contributed by atoms with Crippen molar-refractivity contribution in [3.8, 4) is 11.5 Å². The molecule has 3 heteroatoms. The van der Waals surface area contributed by atoms with E-state index in [1.165, 1.54) is 5.30 Å². The summed E-state index contributed by atoms with van der Waals surface area (Å²) in [6.45, 7) is 4.55. The molecule has 0 radical (unpaired) electrons. The van der Waals surface area contributed by atoms with Gasteiger partial charge in [0.1, 0.15) is 11.5 Å². The number of hydrogen-bond donors (Lipinski definition) is 0. The SMILES string of the molecule is COc1cccc(OC)c1PC1(C)C=CC=CC1C. The fourth-order valence-corrected chi connectivity index (χ4v) is 3.90. The Bertz CT molecular complexity index is 485. The first-order valence-electron chi connectivity index (χ1n) is 6.46. The summed E-state index contributed by atoms with van der Waals surface area (Å²) < 4.78 is 11.0. The molecule has 102 valence electrons. The van der Waals surface area contributed by atoms with E-state index in [0.29, 0.717) is 14.5 Å². The smallest absolute Gasteiger partial charge is 0.129 e. The molecule has 0 aliphatic heterocycles. The second kappa shape index (κ2) is 5.79. The van der Waals surface area contributed by atoms with Gasteiger partial charge in [0.15, 0.2) is 0 Å². The third-order valence-electron chi connectivity index (χ3n) is 3.72. The molecule has 1 aliphatic rings. The van der Waals surface area contributed by atoms with E-state index in [0.717, 1.165) is 11.5 Å². The molecular formula is C16H21O2P. The molecule has 0 N–H and O–H groups in total. The average Bonchev–Trinajstić information content (AvgIpc) is 2.42. The van der Waals surface area contributed by atoms with Crippen LogP contribution in [-0.4, -0.2) is 19.4 Å². The van der Waals surface area contributed by atoms with Crippen molar-refractivity contribution < 1.29 is 9.47 Å². The van der Waals surface area contributed by atoms with Gasteiger partial charge in [0.05, 0.1) is 19.5 Å². The van der Waals surface area contributed by atoms with E-state index >= 15 is 0 Å². The molecule has 3 atom stereocenters. The Hall–Kier alpha value is -1.27. The predicted molar refractivity (Wildman–Crippen MR) is 83.3 cm³/mol. The molecule has 0 fully saturated rings. The van der Waals surface area contributed by atoms with Crippen molar-refractivity contribution >= 4 is 13.9 Å². The third-order valence-corrected chi connectivity index (χ3v) is 5.62. The molecule has 0 bridgehead atoms. The monoisotopic (exact) mass is 276 g/mol. The first-order valence-corrected chi connectivity index (χ1v) is 7.46. The van der Waals surface area contributed by atoms with Gasteiger partial charge in [-0.25, -0.2) is 0 Å². The summed E-state index contributed by atoms with van der Waals surface area (Å²) in [5.74, 6) is 2.33. The van der Waals surface area contributed by atoms with E-state index in [4.69, 9.17) is 9.47 Å². The molecule has 0 spiro atoms. The van der Waals surface area contributed by atoms with Crippen LogP contribution in [0.2, 0.25) is 0 Å². The molecule has 2 nitrogen and oxygen atoms in total. The molecule has 2 rings (SSSR count). The van der Waals surface area contributed by atoms with Crippen molar-refractivity contribution in [3.63, 3.8) is 0 Å². The lowest BCUT2D eigenvalue weighted by Gasteiger charge is -2.34. The third kappa shape index (κ3) is 2.84. The zero-order valence-corrected chi connectivity index (χ0v) is 12.9. The minimum atomic E-state index is 0.122. The first kappa shape index (κ1) is 14.1. The van der Waals surface area contributed by atoms with Gasteiger partial charge in [0.2, 0.25) is 0 Å². The number of benzene rings is 1. The minimum Gasteiger partial charge on any atom is -0.496 e. The van der Waals surface area contributed by atoms with Crippen LogP contribution >= 0.6 is 8.58 Å². The predicted octanol–water partition coefficient (Wildman–Crippen LogP) is 3.53. The van der Waals surface area contributed by atoms with Gasteiger partial charge in [0, 0.05) is 5.16 Å². The molecule has 19 heavy (non-hydrogen) atoms. The number of ether oxygens (including phenoxy) is 2. The maximum absolute atomic E-state index is 5.49. The zero-order chi connectivity index (χ0) is 13.9. The summed E-state index contributed by atoms with van der Waals surface area (Å²) in [6, 6.07) is 5.97. The van der Waals surface area contributed by atoms with E-state index in [9.17, 15) is 0 Å². The number of allylic oxidation sites excluding steroid dienone is 4. The van der Waals surface area contributed by atoms with Crippen LogP contribution in [0.5, 0.6) is 11.5 Å². The summed E-state index contributed by atoms with van der Waals surface area (Å²) in [4.78, 5) is 0. The second-order valence-corrected chi connectivity index (χ2v) is 6.81. The van der Waals surface area contributed by atoms with Crippen molar-refractivity contribution in [2.24, 2.45) is 5.92 Å². The summed E-state index contributed by atoms with van der Waals surface area (Å²) in [6.07, 6.45) is 8.81. The van der Waals surface area contributed by atoms with E-state index < -0.39 is 0 Å². The fraction of sp³-hybridized carbons (Fsp3) is 0.375. The topological polar surface area (TPSA) is 18.5 Å². The molecule has 0 saturated carbocycles. The summed E-state index contributed by atoms with van der Waals surface area (Å²) in [5.41, 5.74) is 0. The van der Waals surface area contributed by atoms with Crippen LogP contribution in [0.4, 0.5) is 0 Å². The van der Waals surface area contributed by atoms with Gasteiger partial charge in [-0.2, -0.15) is 0 Å². The molecule has 0 amide bonds. The Morgan fingerprint density at radius 3 is 2.26 bits per heavy atom. The van der Waals surface area contributed by atoms with Gasteiger partial charge in [-0.3, -0.25) is 0 Å². The summed E-state index contributed by atoms with van der Waals surface area (Å²) >= 11 is 0. The largest absolute Gasteiger partial charge is 0.496 e. The van der Waals surface area contributed by atoms with Crippen LogP contribution in [0.25, 0.3) is 0 Å². The Morgan fingerprint density at radius 1 is 1.11 bits per heavy atom. The summed E-state index contributed by atoms with van der Waals surface area (Å²) in [7, 11) is 4.04. The fourth-order valence-electron chi connectivity index (χ4n) is 2.24. The normalized spacial score (nSPS) is 26.0. The lowest BCUT2D eigenvalue weighted by atomic mass is 9.91. The Morgan fingerprint density at radius 2 is 1.74 bits per heavy atom. The van der Waals surface area contributed by atoms with Crippen LogP contribution in [0, 0.1) is 5.92 Å². The van der Waals surface area contributed by atoms with Crippen molar-refractivity contribution in [1.82, 2.24) is 0 Å². The second-order valence-electron chi connectivity index (χ2n) is 4.98. The van der Waals surface area contributed by atoms with Crippen LogP contribution in [0.15, 0.2) is 42.5 Å². The minimum absolute atomic E-state index is 0.122. The van der Waals surface area contributed by atoms with Crippen LogP contribution in [-0.2, 0) is 0 Å². The maximum atomic E-state index is 5.49.